The summed E-state index contributed by atoms with van der Waals surface area (Å²) in [7, 11) is 1.99. The molecule has 1 aromatic carbocycles. The van der Waals surface area contributed by atoms with Crippen LogP contribution in [0.3, 0.4) is 0 Å². The standard InChI is InChI=1S/C16H22BrN/c1-12-9-13(11-14(17)10-12)15(18-5)7-6-8-16(2,3)4/h9-11,15,18H,7H2,1-5H3. The molecule has 0 bridgehead atoms. The Morgan fingerprint density at radius 1 is 1.28 bits per heavy atom. The van der Waals surface area contributed by atoms with Crippen LogP contribution in [0.2, 0.25) is 0 Å². The van der Waals surface area contributed by atoms with Gasteiger partial charge in [0.1, 0.15) is 0 Å². The van der Waals surface area contributed by atoms with Crippen molar-refractivity contribution in [1.29, 1.82) is 0 Å². The fourth-order valence-electron chi connectivity index (χ4n) is 1.77. The molecule has 0 radical (unpaired) electrons. The molecule has 1 atom stereocenters. The predicted octanol–water partition coefficient (Wildman–Crippen LogP) is 4.46. The van der Waals surface area contributed by atoms with Crippen molar-refractivity contribution in [1.82, 2.24) is 5.32 Å². The van der Waals surface area contributed by atoms with Crippen LogP contribution >= 0.6 is 15.9 Å². The fraction of sp³-hybridized carbons (Fsp3) is 0.500. The first-order chi connectivity index (χ1) is 8.31. The summed E-state index contributed by atoms with van der Waals surface area (Å²) >= 11 is 3.55. The van der Waals surface area contributed by atoms with Gasteiger partial charge in [0.15, 0.2) is 0 Å². The van der Waals surface area contributed by atoms with Gasteiger partial charge < -0.3 is 5.32 Å². The predicted molar refractivity (Wildman–Crippen MR) is 82.5 cm³/mol. The number of hydrogen-bond donors (Lipinski definition) is 1. The minimum Gasteiger partial charge on any atom is -0.312 e. The largest absolute Gasteiger partial charge is 0.312 e. The zero-order valence-corrected chi connectivity index (χ0v) is 13.5. The Morgan fingerprint density at radius 2 is 1.94 bits per heavy atom. The lowest BCUT2D eigenvalue weighted by Crippen LogP contribution is -2.16. The maximum absolute atomic E-state index is 3.55. The number of aryl methyl sites for hydroxylation is 1. The third-order valence-corrected chi connectivity index (χ3v) is 3.04. The van der Waals surface area contributed by atoms with E-state index in [0.717, 1.165) is 10.9 Å². The maximum Gasteiger partial charge on any atom is 0.0428 e. The van der Waals surface area contributed by atoms with Crippen LogP contribution in [-0.4, -0.2) is 7.05 Å². The van der Waals surface area contributed by atoms with Gasteiger partial charge in [-0.25, -0.2) is 0 Å². The van der Waals surface area contributed by atoms with Crippen molar-refractivity contribution in [3.8, 4) is 11.8 Å². The molecule has 1 unspecified atom stereocenters. The fourth-order valence-corrected chi connectivity index (χ4v) is 2.40. The summed E-state index contributed by atoms with van der Waals surface area (Å²) in [6.07, 6.45) is 0.837. The molecule has 0 amide bonds. The van der Waals surface area contributed by atoms with E-state index in [2.05, 4.69) is 79.0 Å². The van der Waals surface area contributed by atoms with Crippen molar-refractivity contribution < 1.29 is 0 Å². The molecule has 0 saturated heterocycles. The van der Waals surface area contributed by atoms with E-state index in [1.54, 1.807) is 0 Å². The van der Waals surface area contributed by atoms with Gasteiger partial charge >= 0.3 is 0 Å². The van der Waals surface area contributed by atoms with E-state index < -0.39 is 0 Å². The minimum absolute atomic E-state index is 0.0749. The summed E-state index contributed by atoms with van der Waals surface area (Å²) in [4.78, 5) is 0. The van der Waals surface area contributed by atoms with E-state index in [0.29, 0.717) is 0 Å². The molecule has 0 aliphatic heterocycles. The van der Waals surface area contributed by atoms with E-state index in [4.69, 9.17) is 0 Å². The first kappa shape index (κ1) is 15.3. The Kier molecular flexibility index (Phi) is 5.44. The zero-order valence-electron chi connectivity index (χ0n) is 11.9. The molecule has 0 aliphatic rings. The molecule has 98 valence electrons. The highest BCUT2D eigenvalue weighted by Gasteiger charge is 2.09. The lowest BCUT2D eigenvalue weighted by Gasteiger charge is -2.15. The van der Waals surface area contributed by atoms with Gasteiger partial charge in [0.25, 0.3) is 0 Å². The smallest absolute Gasteiger partial charge is 0.0428 e. The lowest BCUT2D eigenvalue weighted by molar-refractivity contribution is 0.566. The molecular weight excluding hydrogens is 286 g/mol. The van der Waals surface area contributed by atoms with E-state index in [-0.39, 0.29) is 11.5 Å². The van der Waals surface area contributed by atoms with Gasteiger partial charge in [-0.15, -0.1) is 5.92 Å². The highest BCUT2D eigenvalue weighted by Crippen LogP contribution is 2.22. The summed E-state index contributed by atoms with van der Waals surface area (Å²) < 4.78 is 1.13. The van der Waals surface area contributed by atoms with Crippen LogP contribution in [0.25, 0.3) is 0 Å². The normalized spacial score (nSPS) is 12.8. The summed E-state index contributed by atoms with van der Waals surface area (Å²) in [5.41, 5.74) is 2.63. The summed E-state index contributed by atoms with van der Waals surface area (Å²) in [5, 5.41) is 3.34. The van der Waals surface area contributed by atoms with Gasteiger partial charge in [0.05, 0.1) is 0 Å². The molecule has 0 aliphatic carbocycles. The van der Waals surface area contributed by atoms with Gasteiger partial charge in [-0.2, -0.15) is 0 Å². The zero-order chi connectivity index (χ0) is 13.8. The Hall–Kier alpha value is -0.780. The van der Waals surface area contributed by atoms with E-state index in [1.165, 1.54) is 11.1 Å². The summed E-state index contributed by atoms with van der Waals surface area (Å²) in [6.45, 7) is 8.52. The van der Waals surface area contributed by atoms with Gasteiger partial charge in [-0.1, -0.05) is 27.9 Å². The van der Waals surface area contributed by atoms with E-state index in [1.807, 2.05) is 7.05 Å². The van der Waals surface area contributed by atoms with Gasteiger partial charge in [-0.3, -0.25) is 0 Å². The molecule has 0 saturated carbocycles. The van der Waals surface area contributed by atoms with Crippen LogP contribution in [0.1, 0.15) is 44.4 Å². The molecule has 0 aromatic heterocycles. The molecule has 18 heavy (non-hydrogen) atoms. The Labute approximate surface area is 119 Å². The van der Waals surface area contributed by atoms with Gasteiger partial charge in [0, 0.05) is 22.4 Å². The molecule has 1 N–H and O–H groups in total. The lowest BCUT2D eigenvalue weighted by atomic mass is 9.96. The van der Waals surface area contributed by atoms with Crippen molar-refractivity contribution in [2.24, 2.45) is 5.41 Å². The highest BCUT2D eigenvalue weighted by atomic mass is 79.9. The second-order valence-electron chi connectivity index (χ2n) is 5.66. The van der Waals surface area contributed by atoms with E-state index >= 15 is 0 Å². The number of nitrogens with one attached hydrogen (secondary N) is 1. The quantitative estimate of drug-likeness (QED) is 0.813. The van der Waals surface area contributed by atoms with Gasteiger partial charge in [-0.05, 0) is 58.0 Å². The van der Waals surface area contributed by atoms with Crippen molar-refractivity contribution in [3.63, 3.8) is 0 Å². The second-order valence-corrected chi connectivity index (χ2v) is 6.57. The summed E-state index contributed by atoms with van der Waals surface area (Å²) in [6, 6.07) is 6.78. The molecule has 0 fully saturated rings. The van der Waals surface area contributed by atoms with Crippen LogP contribution in [0.5, 0.6) is 0 Å². The van der Waals surface area contributed by atoms with Crippen LogP contribution < -0.4 is 5.32 Å². The van der Waals surface area contributed by atoms with Crippen molar-refractivity contribution in [2.75, 3.05) is 7.05 Å². The van der Waals surface area contributed by atoms with Crippen molar-refractivity contribution in [2.45, 2.75) is 40.2 Å². The molecule has 0 heterocycles. The highest BCUT2D eigenvalue weighted by molar-refractivity contribution is 9.10. The monoisotopic (exact) mass is 307 g/mol. The third kappa shape index (κ3) is 5.25. The Balaban J connectivity index is 2.86. The maximum atomic E-state index is 3.55. The first-order valence-corrected chi connectivity index (χ1v) is 7.05. The average Bonchev–Trinajstić information content (AvgIpc) is 2.21. The Bertz CT molecular complexity index is 440. The second kappa shape index (κ2) is 6.41. The van der Waals surface area contributed by atoms with Crippen molar-refractivity contribution >= 4 is 15.9 Å². The topological polar surface area (TPSA) is 12.0 Å². The molecule has 1 rings (SSSR count). The molecule has 1 aromatic rings. The Morgan fingerprint density at radius 3 is 2.44 bits per heavy atom. The third-order valence-electron chi connectivity index (χ3n) is 2.58. The first-order valence-electron chi connectivity index (χ1n) is 6.26. The van der Waals surface area contributed by atoms with Gasteiger partial charge in [0.2, 0.25) is 0 Å². The van der Waals surface area contributed by atoms with Crippen LogP contribution in [0.15, 0.2) is 22.7 Å². The summed E-state index contributed by atoms with van der Waals surface area (Å²) in [5.74, 6) is 6.57. The number of hydrogen-bond acceptors (Lipinski definition) is 1. The number of rotatable bonds is 3. The van der Waals surface area contributed by atoms with Crippen molar-refractivity contribution in [3.05, 3.63) is 33.8 Å². The van der Waals surface area contributed by atoms with E-state index in [9.17, 15) is 0 Å². The molecule has 0 spiro atoms. The minimum atomic E-state index is 0.0749. The van der Waals surface area contributed by atoms with Crippen LogP contribution in [-0.2, 0) is 0 Å². The molecular formula is C16H22BrN. The molecule has 1 nitrogen and oxygen atoms in total. The van der Waals surface area contributed by atoms with Crippen LogP contribution in [0.4, 0.5) is 0 Å². The van der Waals surface area contributed by atoms with Crippen LogP contribution in [0, 0.1) is 24.2 Å². The SMILES string of the molecule is CNC(CC#CC(C)(C)C)c1cc(C)cc(Br)c1. The number of halogens is 1. The number of benzene rings is 1. The average molecular weight is 308 g/mol. The molecule has 2 heteroatoms.